The molecule has 0 aliphatic carbocycles. The summed E-state index contributed by atoms with van der Waals surface area (Å²) in [6.45, 7) is 2.06. The van der Waals surface area contributed by atoms with Crippen LogP contribution in [-0.4, -0.2) is 40.8 Å². The molecule has 43 heavy (non-hydrogen) atoms. The third kappa shape index (κ3) is 5.62. The van der Waals surface area contributed by atoms with Gasteiger partial charge in [0.15, 0.2) is 5.75 Å². The van der Waals surface area contributed by atoms with E-state index in [2.05, 4.69) is 5.32 Å². The molecule has 1 unspecified atom stereocenters. The summed E-state index contributed by atoms with van der Waals surface area (Å²) in [7, 11) is 0. The van der Waals surface area contributed by atoms with Gasteiger partial charge >= 0.3 is 0 Å². The molecule has 0 saturated carbocycles. The van der Waals surface area contributed by atoms with E-state index in [0.29, 0.717) is 39.9 Å². The maximum atomic E-state index is 14.2. The van der Waals surface area contributed by atoms with Gasteiger partial charge in [-0.2, -0.15) is 0 Å². The Balaban J connectivity index is 1.38. The van der Waals surface area contributed by atoms with Crippen LogP contribution in [0, 0.1) is 0 Å². The van der Waals surface area contributed by atoms with E-state index in [9.17, 15) is 14.4 Å². The standard InChI is InChI=1S/C36H31N3O4/c1-2-29(24-13-5-3-6-14-24)38-35(41)32-28-19-11-12-20-30(28)37-33(25-15-7-4-8-16-25)34(32)43-22-21-39-31(40)23-26-17-9-10-18-27(26)36(39)42/h3-20,29H,2,21-23H2,1H3,(H,38,41). The zero-order valence-electron chi connectivity index (χ0n) is 23.8. The molecule has 6 rings (SSSR count). The predicted octanol–water partition coefficient (Wildman–Crippen LogP) is 6.39. The first kappa shape index (κ1) is 27.8. The first-order valence-electron chi connectivity index (χ1n) is 14.4. The van der Waals surface area contributed by atoms with E-state index in [0.717, 1.165) is 16.7 Å². The Labute approximate surface area is 250 Å². The average molecular weight is 570 g/mol. The largest absolute Gasteiger partial charge is 0.489 e. The number of hydrogen-bond acceptors (Lipinski definition) is 5. The molecular formula is C36H31N3O4. The lowest BCUT2D eigenvalue weighted by Crippen LogP contribution is -2.44. The highest BCUT2D eigenvalue weighted by atomic mass is 16.5. The van der Waals surface area contributed by atoms with Crippen molar-refractivity contribution in [1.82, 2.24) is 15.2 Å². The molecule has 0 fully saturated rings. The number of ether oxygens (including phenoxy) is 1. The number of fused-ring (bicyclic) bond motifs is 2. The maximum absolute atomic E-state index is 14.2. The highest BCUT2D eigenvalue weighted by molar-refractivity contribution is 6.11. The van der Waals surface area contributed by atoms with Crippen molar-refractivity contribution in [1.29, 1.82) is 0 Å². The first-order chi connectivity index (χ1) is 21.0. The molecule has 1 N–H and O–H groups in total. The van der Waals surface area contributed by atoms with Gasteiger partial charge in [-0.15, -0.1) is 0 Å². The molecule has 4 aromatic carbocycles. The van der Waals surface area contributed by atoms with Crippen LogP contribution in [0.3, 0.4) is 0 Å². The Kier molecular flexibility index (Phi) is 7.96. The molecule has 7 heteroatoms. The van der Waals surface area contributed by atoms with Crippen LogP contribution in [0.15, 0.2) is 109 Å². The number of nitrogens with zero attached hydrogens (tertiary/aromatic N) is 2. The summed E-state index contributed by atoms with van der Waals surface area (Å²) in [5.74, 6) is -0.607. The summed E-state index contributed by atoms with van der Waals surface area (Å²) < 4.78 is 6.39. The molecule has 0 saturated heterocycles. The molecule has 0 spiro atoms. The molecule has 0 radical (unpaired) electrons. The van der Waals surface area contributed by atoms with Crippen molar-refractivity contribution < 1.29 is 19.1 Å². The van der Waals surface area contributed by atoms with Gasteiger partial charge in [0.1, 0.15) is 12.3 Å². The lowest BCUT2D eigenvalue weighted by Gasteiger charge is -2.27. The normalized spacial score (nSPS) is 13.5. The van der Waals surface area contributed by atoms with E-state index in [1.54, 1.807) is 18.2 Å². The second-order valence-electron chi connectivity index (χ2n) is 10.4. The third-order valence-electron chi connectivity index (χ3n) is 7.73. The Morgan fingerprint density at radius 3 is 2.33 bits per heavy atom. The second-order valence-corrected chi connectivity index (χ2v) is 10.4. The summed E-state index contributed by atoms with van der Waals surface area (Å²) in [5.41, 5.74) is 4.56. The topological polar surface area (TPSA) is 88.6 Å². The van der Waals surface area contributed by atoms with Crippen LogP contribution in [0.1, 0.15) is 51.2 Å². The van der Waals surface area contributed by atoms with Gasteiger partial charge in [-0.3, -0.25) is 19.3 Å². The number of benzene rings is 4. The molecule has 0 bridgehead atoms. The quantitative estimate of drug-likeness (QED) is 0.208. The van der Waals surface area contributed by atoms with E-state index in [-0.39, 0.29) is 43.3 Å². The smallest absolute Gasteiger partial charge is 0.260 e. The van der Waals surface area contributed by atoms with Crippen LogP contribution in [0.25, 0.3) is 22.2 Å². The number of carbonyl (C=O) groups is 3. The summed E-state index contributed by atoms with van der Waals surface area (Å²) in [4.78, 5) is 46.4. The van der Waals surface area contributed by atoms with Crippen molar-refractivity contribution in [2.75, 3.05) is 13.2 Å². The Morgan fingerprint density at radius 2 is 1.56 bits per heavy atom. The summed E-state index contributed by atoms with van der Waals surface area (Å²) >= 11 is 0. The molecule has 1 aliphatic heterocycles. The fourth-order valence-electron chi connectivity index (χ4n) is 5.55. The Morgan fingerprint density at radius 1 is 0.884 bits per heavy atom. The monoisotopic (exact) mass is 569 g/mol. The second kappa shape index (κ2) is 12.3. The van der Waals surface area contributed by atoms with Crippen LogP contribution >= 0.6 is 0 Å². The third-order valence-corrected chi connectivity index (χ3v) is 7.73. The molecule has 3 amide bonds. The summed E-state index contributed by atoms with van der Waals surface area (Å²) in [6.07, 6.45) is 0.849. The number of rotatable bonds is 9. The summed E-state index contributed by atoms with van der Waals surface area (Å²) in [5, 5.41) is 3.86. The van der Waals surface area contributed by atoms with Crippen LogP contribution in [-0.2, 0) is 11.2 Å². The Hall–Kier alpha value is -5.30. The van der Waals surface area contributed by atoms with E-state index in [4.69, 9.17) is 9.72 Å². The number of aromatic nitrogens is 1. The van der Waals surface area contributed by atoms with Crippen molar-refractivity contribution in [3.8, 4) is 17.0 Å². The van der Waals surface area contributed by atoms with Crippen LogP contribution in [0.5, 0.6) is 5.75 Å². The first-order valence-corrected chi connectivity index (χ1v) is 14.4. The minimum Gasteiger partial charge on any atom is -0.489 e. The molecule has 5 aromatic rings. The Bertz CT molecular complexity index is 1800. The highest BCUT2D eigenvalue weighted by Gasteiger charge is 2.31. The number of carbonyl (C=O) groups excluding carboxylic acids is 3. The number of amides is 3. The fraction of sp³-hybridized carbons (Fsp3) is 0.167. The zero-order valence-corrected chi connectivity index (χ0v) is 23.8. The molecule has 214 valence electrons. The number of nitrogens with one attached hydrogen (secondary N) is 1. The van der Waals surface area contributed by atoms with Gasteiger partial charge in [-0.25, -0.2) is 4.98 Å². The number of imide groups is 1. The van der Waals surface area contributed by atoms with E-state index >= 15 is 0 Å². The van der Waals surface area contributed by atoms with Crippen LogP contribution in [0.2, 0.25) is 0 Å². The van der Waals surface area contributed by atoms with E-state index in [1.807, 2.05) is 97.9 Å². The maximum Gasteiger partial charge on any atom is 0.260 e. The van der Waals surface area contributed by atoms with Crippen molar-refractivity contribution >= 4 is 28.6 Å². The molecule has 2 heterocycles. The lowest BCUT2D eigenvalue weighted by molar-refractivity contribution is -0.128. The van der Waals surface area contributed by atoms with E-state index in [1.165, 1.54) is 4.90 Å². The zero-order chi connectivity index (χ0) is 29.8. The number of para-hydroxylation sites is 1. The number of hydrogen-bond donors (Lipinski definition) is 1. The SMILES string of the molecule is CCC(NC(=O)c1c(OCCN2C(=O)Cc3ccccc3C2=O)c(-c2ccccc2)nc2ccccc12)c1ccccc1. The fourth-order valence-corrected chi connectivity index (χ4v) is 5.55. The van der Waals surface area contributed by atoms with Crippen molar-refractivity contribution in [3.05, 3.63) is 131 Å². The molecule has 7 nitrogen and oxygen atoms in total. The van der Waals surface area contributed by atoms with Crippen LogP contribution in [0.4, 0.5) is 0 Å². The summed E-state index contributed by atoms with van der Waals surface area (Å²) in [6, 6.07) is 33.8. The molecule has 1 aliphatic rings. The van der Waals surface area contributed by atoms with Gasteiger partial charge in [-0.05, 0) is 29.7 Å². The lowest BCUT2D eigenvalue weighted by atomic mass is 9.98. The molecular weight excluding hydrogens is 538 g/mol. The van der Waals surface area contributed by atoms with Gasteiger partial charge in [-0.1, -0.05) is 104 Å². The van der Waals surface area contributed by atoms with Gasteiger partial charge in [0.25, 0.3) is 11.8 Å². The van der Waals surface area contributed by atoms with Gasteiger partial charge in [0.2, 0.25) is 5.91 Å². The van der Waals surface area contributed by atoms with Crippen molar-refractivity contribution in [3.63, 3.8) is 0 Å². The van der Waals surface area contributed by atoms with Gasteiger partial charge in [0.05, 0.1) is 30.1 Å². The van der Waals surface area contributed by atoms with E-state index < -0.39 is 0 Å². The van der Waals surface area contributed by atoms with Crippen molar-refractivity contribution in [2.24, 2.45) is 0 Å². The molecule has 1 aromatic heterocycles. The molecule has 1 atom stereocenters. The van der Waals surface area contributed by atoms with Crippen LogP contribution < -0.4 is 10.1 Å². The minimum absolute atomic E-state index is 0.00429. The van der Waals surface area contributed by atoms with Gasteiger partial charge < -0.3 is 10.1 Å². The highest BCUT2D eigenvalue weighted by Crippen LogP contribution is 2.37. The average Bonchev–Trinajstić information content (AvgIpc) is 3.05. The number of pyridine rings is 1. The minimum atomic E-state index is -0.345. The van der Waals surface area contributed by atoms with Gasteiger partial charge in [0, 0.05) is 16.5 Å². The van der Waals surface area contributed by atoms with Crippen molar-refractivity contribution in [2.45, 2.75) is 25.8 Å². The predicted molar refractivity (Wildman–Crippen MR) is 166 cm³/mol.